The summed E-state index contributed by atoms with van der Waals surface area (Å²) in [6.07, 6.45) is 1.25. The zero-order chi connectivity index (χ0) is 13.2. The van der Waals surface area contributed by atoms with Crippen molar-refractivity contribution >= 4 is 5.97 Å². The van der Waals surface area contributed by atoms with Gasteiger partial charge in [-0.2, -0.15) is 0 Å². The highest BCUT2D eigenvalue weighted by Crippen LogP contribution is 2.27. The van der Waals surface area contributed by atoms with Gasteiger partial charge in [0, 0.05) is 6.54 Å². The van der Waals surface area contributed by atoms with E-state index >= 15 is 0 Å². The van der Waals surface area contributed by atoms with Crippen LogP contribution < -0.4 is 5.32 Å². The number of ether oxygens (including phenoxy) is 1. The molecule has 1 N–H and O–H groups in total. The van der Waals surface area contributed by atoms with Crippen molar-refractivity contribution < 1.29 is 13.9 Å². The van der Waals surface area contributed by atoms with Crippen LogP contribution in [0, 0.1) is 11.8 Å². The third kappa shape index (κ3) is 2.67. The van der Waals surface area contributed by atoms with Gasteiger partial charge in [0.1, 0.15) is 5.76 Å². The van der Waals surface area contributed by atoms with Crippen molar-refractivity contribution in [3.05, 3.63) is 23.7 Å². The van der Waals surface area contributed by atoms with Gasteiger partial charge in [0.2, 0.25) is 5.76 Å². The molecule has 1 aromatic rings. The summed E-state index contributed by atoms with van der Waals surface area (Å²) in [6, 6.07) is 3.55. The van der Waals surface area contributed by atoms with Gasteiger partial charge in [-0.3, -0.25) is 4.90 Å². The molecule has 0 bridgehead atoms. The number of methoxy groups -OCH3 is 1. The summed E-state index contributed by atoms with van der Waals surface area (Å²) in [5.41, 5.74) is 0. The lowest BCUT2D eigenvalue weighted by Crippen LogP contribution is -2.39. The van der Waals surface area contributed by atoms with E-state index in [1.165, 1.54) is 20.1 Å². The standard InChI is InChI=1S/C14H20N2O3/c1-18-14(17)13-3-2-12(19-13)9-16-5-4-10-6-15-7-11(10)8-16/h2-3,10-11,15H,4-9H2,1H3. The number of fused-ring (bicyclic) bond motifs is 1. The minimum absolute atomic E-state index is 0.287. The lowest BCUT2D eigenvalue weighted by atomic mass is 9.89. The Labute approximate surface area is 112 Å². The number of carbonyl (C=O) groups excluding carboxylic acids is 1. The first kappa shape index (κ1) is 12.7. The Morgan fingerprint density at radius 2 is 2.32 bits per heavy atom. The Morgan fingerprint density at radius 1 is 1.47 bits per heavy atom. The monoisotopic (exact) mass is 264 g/mol. The van der Waals surface area contributed by atoms with Crippen LogP contribution in [0.15, 0.2) is 16.5 Å². The molecular formula is C14H20N2O3. The molecule has 2 aliphatic heterocycles. The van der Waals surface area contributed by atoms with Crippen LogP contribution in [-0.2, 0) is 11.3 Å². The second kappa shape index (κ2) is 5.35. The fourth-order valence-corrected chi connectivity index (χ4v) is 3.15. The molecule has 0 aliphatic carbocycles. The smallest absolute Gasteiger partial charge is 0.373 e. The number of hydrogen-bond donors (Lipinski definition) is 1. The number of nitrogens with zero attached hydrogens (tertiary/aromatic N) is 1. The van der Waals surface area contributed by atoms with E-state index < -0.39 is 5.97 Å². The maximum atomic E-state index is 11.3. The quantitative estimate of drug-likeness (QED) is 0.829. The predicted molar refractivity (Wildman–Crippen MR) is 69.8 cm³/mol. The van der Waals surface area contributed by atoms with Gasteiger partial charge in [0.05, 0.1) is 13.7 Å². The molecule has 3 rings (SSSR count). The number of nitrogens with one attached hydrogen (secondary N) is 1. The normalized spacial score (nSPS) is 27.2. The first-order valence-corrected chi connectivity index (χ1v) is 6.86. The summed E-state index contributed by atoms with van der Waals surface area (Å²) in [5, 5.41) is 3.46. The molecule has 2 unspecified atom stereocenters. The number of rotatable bonds is 3. The van der Waals surface area contributed by atoms with E-state index in [9.17, 15) is 4.79 Å². The van der Waals surface area contributed by atoms with E-state index in [-0.39, 0.29) is 5.76 Å². The van der Waals surface area contributed by atoms with Crippen LogP contribution >= 0.6 is 0 Å². The van der Waals surface area contributed by atoms with Crippen molar-refractivity contribution in [1.82, 2.24) is 10.2 Å². The Balaban J connectivity index is 1.59. The highest BCUT2D eigenvalue weighted by atomic mass is 16.5. The van der Waals surface area contributed by atoms with Crippen LogP contribution in [0.3, 0.4) is 0 Å². The molecule has 5 nitrogen and oxygen atoms in total. The maximum Gasteiger partial charge on any atom is 0.373 e. The van der Waals surface area contributed by atoms with Crippen molar-refractivity contribution in [1.29, 1.82) is 0 Å². The summed E-state index contributed by atoms with van der Waals surface area (Å²) in [4.78, 5) is 13.7. The molecule has 3 heterocycles. The third-order valence-corrected chi connectivity index (χ3v) is 4.22. The average Bonchev–Trinajstić information content (AvgIpc) is 3.06. The van der Waals surface area contributed by atoms with Crippen molar-refractivity contribution in [3.63, 3.8) is 0 Å². The summed E-state index contributed by atoms with van der Waals surface area (Å²) in [7, 11) is 1.36. The van der Waals surface area contributed by atoms with Gasteiger partial charge in [0.15, 0.2) is 0 Å². The van der Waals surface area contributed by atoms with Gasteiger partial charge in [-0.1, -0.05) is 0 Å². The molecular weight excluding hydrogens is 244 g/mol. The van der Waals surface area contributed by atoms with E-state index in [0.29, 0.717) is 0 Å². The van der Waals surface area contributed by atoms with Crippen molar-refractivity contribution in [2.75, 3.05) is 33.3 Å². The summed E-state index contributed by atoms with van der Waals surface area (Å²) in [6.45, 7) is 5.31. The molecule has 0 radical (unpaired) electrons. The lowest BCUT2D eigenvalue weighted by Gasteiger charge is -2.33. The highest BCUT2D eigenvalue weighted by Gasteiger charge is 2.32. The number of carbonyl (C=O) groups is 1. The fraction of sp³-hybridized carbons (Fsp3) is 0.643. The minimum Gasteiger partial charge on any atom is -0.463 e. The number of furan rings is 1. The number of hydrogen-bond acceptors (Lipinski definition) is 5. The zero-order valence-corrected chi connectivity index (χ0v) is 11.2. The molecule has 19 heavy (non-hydrogen) atoms. The maximum absolute atomic E-state index is 11.3. The van der Waals surface area contributed by atoms with E-state index in [4.69, 9.17) is 4.42 Å². The molecule has 5 heteroatoms. The van der Waals surface area contributed by atoms with E-state index in [1.54, 1.807) is 6.07 Å². The molecule has 0 amide bonds. The molecule has 0 aromatic carbocycles. The SMILES string of the molecule is COC(=O)c1ccc(CN2CCC3CNCC3C2)o1. The van der Waals surface area contributed by atoms with Gasteiger partial charge in [-0.15, -0.1) is 0 Å². The van der Waals surface area contributed by atoms with Gasteiger partial charge in [0.25, 0.3) is 0 Å². The minimum atomic E-state index is -0.412. The molecule has 104 valence electrons. The number of piperidine rings is 1. The number of likely N-dealkylation sites (tertiary alicyclic amines) is 1. The Morgan fingerprint density at radius 3 is 3.16 bits per heavy atom. The number of esters is 1. The van der Waals surface area contributed by atoms with Gasteiger partial charge >= 0.3 is 5.97 Å². The van der Waals surface area contributed by atoms with Crippen molar-refractivity contribution in [2.45, 2.75) is 13.0 Å². The summed E-state index contributed by atoms with van der Waals surface area (Å²) in [5.74, 6) is 2.33. The van der Waals surface area contributed by atoms with Crippen molar-refractivity contribution in [3.8, 4) is 0 Å². The molecule has 1 aromatic heterocycles. The zero-order valence-electron chi connectivity index (χ0n) is 11.2. The van der Waals surface area contributed by atoms with Gasteiger partial charge < -0.3 is 14.5 Å². The van der Waals surface area contributed by atoms with Gasteiger partial charge in [-0.05, 0) is 50.0 Å². The lowest BCUT2D eigenvalue weighted by molar-refractivity contribution is 0.0559. The van der Waals surface area contributed by atoms with Crippen LogP contribution in [0.25, 0.3) is 0 Å². The highest BCUT2D eigenvalue weighted by molar-refractivity contribution is 5.86. The fourth-order valence-electron chi connectivity index (χ4n) is 3.15. The molecule has 0 saturated carbocycles. The average molecular weight is 264 g/mol. The predicted octanol–water partition coefficient (Wildman–Crippen LogP) is 1.11. The first-order valence-electron chi connectivity index (χ1n) is 6.86. The van der Waals surface area contributed by atoms with E-state index in [1.807, 2.05) is 6.07 Å². The second-order valence-corrected chi connectivity index (χ2v) is 5.46. The van der Waals surface area contributed by atoms with Crippen LogP contribution in [0.5, 0.6) is 0 Å². The third-order valence-electron chi connectivity index (χ3n) is 4.22. The molecule has 2 atom stereocenters. The molecule has 0 spiro atoms. The summed E-state index contributed by atoms with van der Waals surface area (Å²) < 4.78 is 10.2. The summed E-state index contributed by atoms with van der Waals surface area (Å²) >= 11 is 0. The second-order valence-electron chi connectivity index (χ2n) is 5.46. The molecule has 2 saturated heterocycles. The Kier molecular flexibility index (Phi) is 3.57. The van der Waals surface area contributed by atoms with Crippen LogP contribution in [0.2, 0.25) is 0 Å². The largest absolute Gasteiger partial charge is 0.463 e. The topological polar surface area (TPSA) is 54.7 Å². The van der Waals surface area contributed by atoms with Gasteiger partial charge in [-0.25, -0.2) is 4.79 Å². The first-order chi connectivity index (χ1) is 9.26. The van der Waals surface area contributed by atoms with E-state index in [2.05, 4.69) is 15.0 Å². The van der Waals surface area contributed by atoms with Crippen LogP contribution in [0.1, 0.15) is 22.7 Å². The van der Waals surface area contributed by atoms with Crippen LogP contribution in [-0.4, -0.2) is 44.2 Å². The van der Waals surface area contributed by atoms with E-state index in [0.717, 1.165) is 43.8 Å². The van der Waals surface area contributed by atoms with Crippen molar-refractivity contribution in [2.24, 2.45) is 11.8 Å². The van der Waals surface area contributed by atoms with Crippen LogP contribution in [0.4, 0.5) is 0 Å². The Bertz CT molecular complexity index is 457. The molecule has 2 fully saturated rings. The Hall–Kier alpha value is -1.33. The molecule has 2 aliphatic rings.